The van der Waals surface area contributed by atoms with E-state index in [1.165, 1.54) is 12.5 Å². The lowest BCUT2D eigenvalue weighted by Crippen LogP contribution is -2.08. The fourth-order valence-electron chi connectivity index (χ4n) is 1.61. The third-order valence-corrected chi connectivity index (χ3v) is 2.40. The molecule has 0 amide bonds. The van der Waals surface area contributed by atoms with Gasteiger partial charge in [-0.15, -0.1) is 0 Å². The first kappa shape index (κ1) is 8.96. The molecule has 0 atom stereocenters. The molecule has 5 heteroatoms. The van der Waals surface area contributed by atoms with Gasteiger partial charge >= 0.3 is 0 Å². The summed E-state index contributed by atoms with van der Waals surface area (Å²) in [7, 11) is 0. The van der Waals surface area contributed by atoms with Crippen LogP contribution >= 0.6 is 0 Å². The van der Waals surface area contributed by atoms with Crippen molar-refractivity contribution in [2.45, 2.75) is 0 Å². The standard InChI is InChI=1S/C11H8N2O3/c14-11-8(4-12-5-13-11)7-1-2-9-10(3-7)16-6-15-9/h1-5H,6H2,(H,12,13,14). The monoisotopic (exact) mass is 216 g/mol. The van der Waals surface area contributed by atoms with Gasteiger partial charge in [0.2, 0.25) is 6.79 Å². The van der Waals surface area contributed by atoms with Gasteiger partial charge < -0.3 is 14.5 Å². The molecule has 0 bridgehead atoms. The molecule has 80 valence electrons. The van der Waals surface area contributed by atoms with Crippen LogP contribution in [0.3, 0.4) is 0 Å². The molecule has 1 aromatic carbocycles. The molecule has 1 aromatic heterocycles. The van der Waals surface area contributed by atoms with Crippen molar-refractivity contribution in [1.29, 1.82) is 0 Å². The van der Waals surface area contributed by atoms with Crippen molar-refractivity contribution in [2.75, 3.05) is 6.79 Å². The highest BCUT2D eigenvalue weighted by atomic mass is 16.7. The Morgan fingerprint density at radius 3 is 3.00 bits per heavy atom. The van der Waals surface area contributed by atoms with Crippen molar-refractivity contribution in [2.24, 2.45) is 0 Å². The lowest BCUT2D eigenvalue weighted by Gasteiger charge is -2.01. The van der Waals surface area contributed by atoms with E-state index in [-0.39, 0.29) is 12.4 Å². The van der Waals surface area contributed by atoms with Gasteiger partial charge in [-0.1, -0.05) is 6.07 Å². The Hall–Kier alpha value is -2.30. The van der Waals surface area contributed by atoms with E-state index in [9.17, 15) is 4.79 Å². The largest absolute Gasteiger partial charge is 0.454 e. The van der Waals surface area contributed by atoms with Crippen LogP contribution in [0.2, 0.25) is 0 Å². The molecule has 2 aromatic rings. The molecule has 2 heterocycles. The molecule has 0 spiro atoms. The second-order valence-corrected chi connectivity index (χ2v) is 3.36. The molecular weight excluding hydrogens is 208 g/mol. The van der Waals surface area contributed by atoms with Gasteiger partial charge in [-0.05, 0) is 17.7 Å². The van der Waals surface area contributed by atoms with Crippen LogP contribution in [-0.2, 0) is 0 Å². The Balaban J connectivity index is 2.15. The first-order chi connectivity index (χ1) is 7.84. The van der Waals surface area contributed by atoms with Gasteiger partial charge in [0.05, 0.1) is 11.9 Å². The smallest absolute Gasteiger partial charge is 0.258 e. The Labute approximate surface area is 90.7 Å². The summed E-state index contributed by atoms with van der Waals surface area (Å²) in [5, 5.41) is 0. The zero-order chi connectivity index (χ0) is 11.0. The molecule has 1 aliphatic rings. The van der Waals surface area contributed by atoms with Crippen molar-refractivity contribution >= 4 is 0 Å². The number of hydrogen-bond acceptors (Lipinski definition) is 4. The van der Waals surface area contributed by atoms with Gasteiger partial charge in [0.25, 0.3) is 5.56 Å². The first-order valence-corrected chi connectivity index (χ1v) is 4.77. The maximum Gasteiger partial charge on any atom is 0.258 e. The van der Waals surface area contributed by atoms with E-state index >= 15 is 0 Å². The average molecular weight is 216 g/mol. The summed E-state index contributed by atoms with van der Waals surface area (Å²) >= 11 is 0. The molecule has 0 fully saturated rings. The van der Waals surface area contributed by atoms with Crippen molar-refractivity contribution in [1.82, 2.24) is 9.97 Å². The van der Waals surface area contributed by atoms with E-state index in [0.29, 0.717) is 17.1 Å². The number of rotatable bonds is 1. The van der Waals surface area contributed by atoms with Crippen LogP contribution in [0.15, 0.2) is 35.5 Å². The van der Waals surface area contributed by atoms with E-state index in [2.05, 4.69) is 9.97 Å². The quantitative estimate of drug-likeness (QED) is 0.777. The van der Waals surface area contributed by atoms with Crippen LogP contribution in [0.25, 0.3) is 11.1 Å². The van der Waals surface area contributed by atoms with Crippen molar-refractivity contribution in [3.63, 3.8) is 0 Å². The molecule has 0 aliphatic carbocycles. The van der Waals surface area contributed by atoms with Gasteiger partial charge in [-0.2, -0.15) is 0 Å². The summed E-state index contributed by atoms with van der Waals surface area (Å²) in [5.74, 6) is 1.35. The lowest BCUT2D eigenvalue weighted by atomic mass is 10.1. The minimum absolute atomic E-state index is 0.172. The number of aromatic amines is 1. The Morgan fingerprint density at radius 2 is 2.12 bits per heavy atom. The highest BCUT2D eigenvalue weighted by Crippen LogP contribution is 2.34. The van der Waals surface area contributed by atoms with Crippen LogP contribution < -0.4 is 15.0 Å². The third kappa shape index (κ3) is 1.33. The molecule has 1 aliphatic heterocycles. The van der Waals surface area contributed by atoms with Gasteiger partial charge in [0, 0.05) is 6.20 Å². The van der Waals surface area contributed by atoms with E-state index in [0.717, 1.165) is 5.56 Å². The van der Waals surface area contributed by atoms with Crippen LogP contribution in [0.1, 0.15) is 0 Å². The second-order valence-electron chi connectivity index (χ2n) is 3.36. The van der Waals surface area contributed by atoms with Gasteiger partial charge in [0.15, 0.2) is 11.5 Å². The summed E-state index contributed by atoms with van der Waals surface area (Å²) in [6.45, 7) is 0.224. The molecule has 3 rings (SSSR count). The van der Waals surface area contributed by atoms with Gasteiger partial charge in [0.1, 0.15) is 0 Å². The molecule has 1 N–H and O–H groups in total. The molecule has 0 saturated heterocycles. The lowest BCUT2D eigenvalue weighted by molar-refractivity contribution is 0.174. The topological polar surface area (TPSA) is 64.2 Å². The molecule has 0 saturated carbocycles. The molecule has 0 unspecified atom stereocenters. The fourth-order valence-corrected chi connectivity index (χ4v) is 1.61. The van der Waals surface area contributed by atoms with Gasteiger partial charge in [-0.3, -0.25) is 4.79 Å². The predicted octanol–water partition coefficient (Wildman–Crippen LogP) is 1.17. The van der Waals surface area contributed by atoms with Crippen LogP contribution in [0.5, 0.6) is 11.5 Å². The normalized spacial score (nSPS) is 12.8. The SMILES string of the molecule is O=c1[nH]cncc1-c1ccc2c(c1)OCO2. The number of aromatic nitrogens is 2. The summed E-state index contributed by atoms with van der Waals surface area (Å²) < 4.78 is 10.4. The maximum atomic E-state index is 11.6. The van der Waals surface area contributed by atoms with Crippen molar-refractivity contribution in [3.05, 3.63) is 41.1 Å². The number of ether oxygens (including phenoxy) is 2. The molecular formula is C11H8N2O3. The number of nitrogens with zero attached hydrogens (tertiary/aromatic N) is 1. The van der Waals surface area contributed by atoms with E-state index in [1.807, 2.05) is 0 Å². The Bertz CT molecular complexity index is 592. The van der Waals surface area contributed by atoms with Crippen molar-refractivity contribution < 1.29 is 9.47 Å². The number of H-pyrrole nitrogens is 1. The number of hydrogen-bond donors (Lipinski definition) is 1. The minimum atomic E-state index is -0.172. The number of benzene rings is 1. The van der Waals surface area contributed by atoms with E-state index < -0.39 is 0 Å². The Morgan fingerprint density at radius 1 is 1.25 bits per heavy atom. The zero-order valence-electron chi connectivity index (χ0n) is 8.27. The molecule has 16 heavy (non-hydrogen) atoms. The van der Waals surface area contributed by atoms with E-state index in [1.54, 1.807) is 18.2 Å². The summed E-state index contributed by atoms with van der Waals surface area (Å²) in [5.41, 5.74) is 1.10. The van der Waals surface area contributed by atoms with Crippen LogP contribution in [0, 0.1) is 0 Å². The highest BCUT2D eigenvalue weighted by molar-refractivity contribution is 5.65. The first-order valence-electron chi connectivity index (χ1n) is 4.77. The fraction of sp³-hybridized carbons (Fsp3) is 0.0909. The highest BCUT2D eigenvalue weighted by Gasteiger charge is 2.14. The van der Waals surface area contributed by atoms with E-state index in [4.69, 9.17) is 9.47 Å². The minimum Gasteiger partial charge on any atom is -0.454 e. The summed E-state index contributed by atoms with van der Waals surface area (Å²) in [4.78, 5) is 18.0. The predicted molar refractivity (Wildman–Crippen MR) is 56.4 cm³/mol. The average Bonchev–Trinajstić information content (AvgIpc) is 2.76. The van der Waals surface area contributed by atoms with Crippen LogP contribution in [-0.4, -0.2) is 16.8 Å². The van der Waals surface area contributed by atoms with Crippen LogP contribution in [0.4, 0.5) is 0 Å². The molecule has 0 radical (unpaired) electrons. The summed E-state index contributed by atoms with van der Waals surface area (Å²) in [6.07, 6.45) is 2.88. The number of fused-ring (bicyclic) bond motifs is 1. The Kier molecular flexibility index (Phi) is 1.89. The zero-order valence-corrected chi connectivity index (χ0v) is 8.27. The third-order valence-electron chi connectivity index (χ3n) is 2.40. The summed E-state index contributed by atoms with van der Waals surface area (Å²) in [6, 6.07) is 5.36. The van der Waals surface area contributed by atoms with Gasteiger partial charge in [-0.25, -0.2) is 4.98 Å². The number of nitrogens with one attached hydrogen (secondary N) is 1. The second kappa shape index (κ2) is 3.37. The maximum absolute atomic E-state index is 11.6. The van der Waals surface area contributed by atoms with Crippen molar-refractivity contribution in [3.8, 4) is 22.6 Å². The molecule has 5 nitrogen and oxygen atoms in total.